The summed E-state index contributed by atoms with van der Waals surface area (Å²) in [5.41, 5.74) is 2.76. The second-order valence-corrected chi connectivity index (χ2v) is 7.18. The number of nitriles is 1. The third kappa shape index (κ3) is 3.98. The normalized spacial score (nSPS) is 19.3. The van der Waals surface area contributed by atoms with E-state index in [1.807, 2.05) is 39.9 Å². The molecule has 2 saturated heterocycles. The molecule has 0 atom stereocenters. The predicted octanol–water partition coefficient (Wildman–Crippen LogP) is 0.787. The van der Waals surface area contributed by atoms with E-state index in [1.165, 1.54) is 0 Å². The minimum Gasteiger partial charge on any atom is -0.379 e. The van der Waals surface area contributed by atoms with Gasteiger partial charge in [0.1, 0.15) is 6.07 Å². The van der Waals surface area contributed by atoms with E-state index in [4.69, 9.17) is 4.74 Å². The predicted molar refractivity (Wildman–Crippen MR) is 101 cm³/mol. The van der Waals surface area contributed by atoms with Gasteiger partial charge in [-0.05, 0) is 12.1 Å². The number of nitrogens with zero attached hydrogens (tertiary/aromatic N) is 5. The van der Waals surface area contributed by atoms with Crippen LogP contribution in [0, 0.1) is 11.3 Å². The quantitative estimate of drug-likeness (QED) is 0.799. The Labute approximate surface area is 159 Å². The molecule has 7 heteroatoms. The zero-order valence-electron chi connectivity index (χ0n) is 15.5. The van der Waals surface area contributed by atoms with Gasteiger partial charge in [0.2, 0.25) is 5.91 Å². The number of pyridine rings is 1. The lowest BCUT2D eigenvalue weighted by atomic mass is 10.1. The number of hydrogen-bond donors (Lipinski definition) is 0. The Kier molecular flexibility index (Phi) is 5.39. The maximum atomic E-state index is 12.5. The number of aromatic nitrogens is 1. The summed E-state index contributed by atoms with van der Waals surface area (Å²) >= 11 is 0. The van der Waals surface area contributed by atoms with E-state index in [0.717, 1.165) is 62.5 Å². The van der Waals surface area contributed by atoms with Gasteiger partial charge in [-0.25, -0.2) is 0 Å². The highest BCUT2D eigenvalue weighted by molar-refractivity contribution is 5.78. The lowest BCUT2D eigenvalue weighted by Gasteiger charge is -2.36. The fourth-order valence-corrected chi connectivity index (χ4v) is 3.87. The van der Waals surface area contributed by atoms with E-state index < -0.39 is 0 Å². The molecule has 0 bridgehead atoms. The molecule has 2 aromatic heterocycles. The molecule has 2 aliphatic heterocycles. The van der Waals surface area contributed by atoms with Crippen molar-refractivity contribution in [2.24, 2.45) is 0 Å². The second kappa shape index (κ2) is 8.09. The molecule has 1 amide bonds. The Bertz CT molecular complexity index is 842. The summed E-state index contributed by atoms with van der Waals surface area (Å²) in [6.07, 6.45) is 4.02. The van der Waals surface area contributed by atoms with Crippen molar-refractivity contribution >= 4 is 11.4 Å². The molecular weight excluding hydrogens is 342 g/mol. The van der Waals surface area contributed by atoms with Gasteiger partial charge in [-0.15, -0.1) is 0 Å². The van der Waals surface area contributed by atoms with Crippen LogP contribution in [-0.4, -0.2) is 84.0 Å². The van der Waals surface area contributed by atoms with Gasteiger partial charge in [0.25, 0.3) is 0 Å². The molecule has 4 heterocycles. The smallest absolute Gasteiger partial charge is 0.236 e. The number of piperazine rings is 1. The number of morpholine rings is 1. The average molecular weight is 367 g/mol. The Balaban J connectivity index is 1.33. The van der Waals surface area contributed by atoms with Gasteiger partial charge in [-0.2, -0.15) is 5.26 Å². The highest BCUT2D eigenvalue weighted by atomic mass is 16.5. The summed E-state index contributed by atoms with van der Waals surface area (Å²) in [4.78, 5) is 19.0. The first kappa shape index (κ1) is 18.0. The molecule has 0 radical (unpaired) electrons. The zero-order valence-corrected chi connectivity index (χ0v) is 15.5. The summed E-state index contributed by atoms with van der Waals surface area (Å²) in [5, 5.41) is 9.56. The van der Waals surface area contributed by atoms with Gasteiger partial charge < -0.3 is 14.0 Å². The van der Waals surface area contributed by atoms with E-state index in [-0.39, 0.29) is 5.91 Å². The molecule has 0 aromatic carbocycles. The maximum Gasteiger partial charge on any atom is 0.236 e. The number of amides is 1. The average Bonchev–Trinajstić information content (AvgIpc) is 3.06. The Hall–Kier alpha value is -2.40. The lowest BCUT2D eigenvalue weighted by Crippen LogP contribution is -2.52. The monoisotopic (exact) mass is 367 g/mol. The number of ether oxygens (including phenoxy) is 1. The molecule has 0 saturated carbocycles. The van der Waals surface area contributed by atoms with Crippen molar-refractivity contribution in [1.82, 2.24) is 19.1 Å². The SMILES string of the molecule is N#Cc1c(CN2CCN(C(=O)CN3CCOCC3)CC2)cn2ccccc12. The van der Waals surface area contributed by atoms with Gasteiger partial charge in [-0.3, -0.25) is 14.6 Å². The number of carbonyl (C=O) groups is 1. The number of hydrogen-bond acceptors (Lipinski definition) is 5. The molecule has 2 fully saturated rings. The van der Waals surface area contributed by atoms with E-state index in [2.05, 4.69) is 15.9 Å². The lowest BCUT2D eigenvalue weighted by molar-refractivity contribution is -0.135. The van der Waals surface area contributed by atoms with Gasteiger partial charge >= 0.3 is 0 Å². The summed E-state index contributed by atoms with van der Waals surface area (Å²) in [6.45, 7) is 7.52. The molecule has 0 unspecified atom stereocenters. The van der Waals surface area contributed by atoms with Gasteiger partial charge in [0, 0.05) is 63.8 Å². The van der Waals surface area contributed by atoms with Crippen LogP contribution in [0.15, 0.2) is 30.6 Å². The highest BCUT2D eigenvalue weighted by Gasteiger charge is 2.24. The molecular formula is C20H25N5O2. The second-order valence-electron chi connectivity index (χ2n) is 7.18. The zero-order chi connectivity index (χ0) is 18.6. The standard InChI is InChI=1S/C20H25N5O2/c21-13-18-17(15-25-4-2-1-3-19(18)25)14-22-5-7-24(8-6-22)20(26)16-23-9-11-27-12-10-23/h1-4,15H,5-12,14,16H2. The largest absolute Gasteiger partial charge is 0.379 e. The third-order valence-electron chi connectivity index (χ3n) is 5.46. The highest BCUT2D eigenvalue weighted by Crippen LogP contribution is 2.20. The first-order valence-electron chi connectivity index (χ1n) is 9.53. The van der Waals surface area contributed by atoms with E-state index in [1.54, 1.807) is 0 Å². The summed E-state index contributed by atoms with van der Waals surface area (Å²) in [5.74, 6) is 0.212. The van der Waals surface area contributed by atoms with Crippen LogP contribution in [-0.2, 0) is 16.1 Å². The van der Waals surface area contributed by atoms with Crippen molar-refractivity contribution in [2.45, 2.75) is 6.54 Å². The van der Waals surface area contributed by atoms with Crippen LogP contribution in [0.5, 0.6) is 0 Å². The number of rotatable bonds is 4. The molecule has 2 aliphatic rings. The molecule has 142 valence electrons. The molecule has 4 rings (SSSR count). The third-order valence-corrected chi connectivity index (χ3v) is 5.46. The number of carbonyl (C=O) groups excluding carboxylic acids is 1. The first-order valence-corrected chi connectivity index (χ1v) is 9.53. The van der Waals surface area contributed by atoms with Crippen LogP contribution in [0.3, 0.4) is 0 Å². The van der Waals surface area contributed by atoms with Gasteiger partial charge in [0.05, 0.1) is 30.8 Å². The van der Waals surface area contributed by atoms with Crippen molar-refractivity contribution in [1.29, 1.82) is 5.26 Å². The summed E-state index contributed by atoms with van der Waals surface area (Å²) < 4.78 is 7.35. The molecule has 2 aromatic rings. The van der Waals surface area contributed by atoms with Crippen molar-refractivity contribution in [3.63, 3.8) is 0 Å². The minimum absolute atomic E-state index is 0.212. The van der Waals surface area contributed by atoms with Crippen LogP contribution in [0.4, 0.5) is 0 Å². The van der Waals surface area contributed by atoms with E-state index in [0.29, 0.717) is 19.8 Å². The molecule has 7 nitrogen and oxygen atoms in total. The van der Waals surface area contributed by atoms with Gasteiger partial charge in [-0.1, -0.05) is 6.07 Å². The van der Waals surface area contributed by atoms with E-state index >= 15 is 0 Å². The van der Waals surface area contributed by atoms with Crippen LogP contribution in [0.2, 0.25) is 0 Å². The van der Waals surface area contributed by atoms with Crippen molar-refractivity contribution < 1.29 is 9.53 Å². The fraction of sp³-hybridized carbons (Fsp3) is 0.500. The van der Waals surface area contributed by atoms with Crippen LogP contribution >= 0.6 is 0 Å². The van der Waals surface area contributed by atoms with Crippen LogP contribution in [0.1, 0.15) is 11.1 Å². The molecule has 27 heavy (non-hydrogen) atoms. The summed E-state index contributed by atoms with van der Waals surface area (Å²) in [7, 11) is 0. The molecule has 0 spiro atoms. The fourth-order valence-electron chi connectivity index (χ4n) is 3.87. The first-order chi connectivity index (χ1) is 13.2. The maximum absolute atomic E-state index is 12.5. The van der Waals surface area contributed by atoms with Crippen molar-refractivity contribution in [3.8, 4) is 6.07 Å². The molecule has 0 aliphatic carbocycles. The van der Waals surface area contributed by atoms with Crippen molar-refractivity contribution in [3.05, 3.63) is 41.7 Å². The Morgan fingerprint density at radius 1 is 1.07 bits per heavy atom. The topological polar surface area (TPSA) is 64.2 Å². The van der Waals surface area contributed by atoms with Gasteiger partial charge in [0.15, 0.2) is 0 Å². The van der Waals surface area contributed by atoms with Crippen LogP contribution < -0.4 is 0 Å². The van der Waals surface area contributed by atoms with Crippen molar-refractivity contribution in [2.75, 3.05) is 59.0 Å². The molecule has 0 N–H and O–H groups in total. The van der Waals surface area contributed by atoms with E-state index in [9.17, 15) is 10.1 Å². The number of fused-ring (bicyclic) bond motifs is 1. The van der Waals surface area contributed by atoms with Crippen LogP contribution in [0.25, 0.3) is 5.52 Å². The minimum atomic E-state index is 0.212. The summed E-state index contributed by atoms with van der Waals surface area (Å²) in [6, 6.07) is 8.26. The Morgan fingerprint density at radius 3 is 2.59 bits per heavy atom. The Morgan fingerprint density at radius 2 is 1.85 bits per heavy atom.